The molecule has 5 heteroatoms. The molecule has 0 amide bonds. The van der Waals surface area contributed by atoms with Crippen molar-refractivity contribution >= 4 is 33.4 Å². The van der Waals surface area contributed by atoms with Gasteiger partial charge in [0.15, 0.2) is 0 Å². The van der Waals surface area contributed by atoms with Crippen molar-refractivity contribution in [3.8, 4) is 5.69 Å². The largest absolute Gasteiger partial charge is 0.359 e. The summed E-state index contributed by atoms with van der Waals surface area (Å²) in [6, 6.07) is 13.1. The van der Waals surface area contributed by atoms with E-state index in [0.717, 1.165) is 33.6 Å². The molecule has 2 heterocycles. The fraction of sp³-hybridized carbons (Fsp3) is 0.200. The molecular formula is C20H18ClN3O. The summed E-state index contributed by atoms with van der Waals surface area (Å²) < 4.78 is 1.69. The minimum Gasteiger partial charge on any atom is -0.359 e. The molecule has 4 nitrogen and oxygen atoms in total. The van der Waals surface area contributed by atoms with Crippen LogP contribution in [0.25, 0.3) is 27.5 Å². The van der Waals surface area contributed by atoms with Crippen LogP contribution < -0.4 is 5.56 Å². The molecule has 0 aliphatic carbocycles. The van der Waals surface area contributed by atoms with E-state index in [1.54, 1.807) is 16.7 Å². The van der Waals surface area contributed by atoms with Crippen LogP contribution in [0.2, 0.25) is 5.02 Å². The van der Waals surface area contributed by atoms with Crippen LogP contribution in [0.15, 0.2) is 47.3 Å². The Bertz CT molecular complexity index is 1150. The second-order valence-corrected chi connectivity index (χ2v) is 7.05. The quantitative estimate of drug-likeness (QED) is 0.555. The van der Waals surface area contributed by atoms with Crippen molar-refractivity contribution in [3.05, 3.63) is 69.4 Å². The lowest BCUT2D eigenvalue weighted by Crippen LogP contribution is -2.24. The summed E-state index contributed by atoms with van der Waals surface area (Å²) >= 11 is 6.00. The molecule has 0 spiro atoms. The highest BCUT2D eigenvalue weighted by molar-refractivity contribution is 6.30. The van der Waals surface area contributed by atoms with E-state index in [2.05, 4.69) is 4.98 Å². The predicted octanol–water partition coefficient (Wildman–Crippen LogP) is 4.95. The Labute approximate surface area is 150 Å². The minimum atomic E-state index is -0.0585. The number of halogens is 1. The fourth-order valence-electron chi connectivity index (χ4n) is 3.24. The van der Waals surface area contributed by atoms with Crippen molar-refractivity contribution in [3.63, 3.8) is 0 Å². The normalized spacial score (nSPS) is 11.7. The standard InChI is InChI=1S/C20H18ClN3O/c1-11(2)19-23-18-15(8-9-17-16(18)10-12(3)22-17)20(25)24(19)14-6-4-13(21)5-7-14/h4-11,22H,1-3H3. The van der Waals surface area contributed by atoms with Gasteiger partial charge in [-0.05, 0) is 49.4 Å². The Hall–Kier alpha value is -2.59. The van der Waals surface area contributed by atoms with E-state index in [4.69, 9.17) is 16.6 Å². The summed E-state index contributed by atoms with van der Waals surface area (Å²) in [5.74, 6) is 0.842. The van der Waals surface area contributed by atoms with Gasteiger partial charge in [-0.1, -0.05) is 25.4 Å². The number of fused-ring (bicyclic) bond motifs is 3. The number of hydrogen-bond acceptors (Lipinski definition) is 2. The van der Waals surface area contributed by atoms with E-state index < -0.39 is 0 Å². The molecule has 4 aromatic rings. The Kier molecular flexibility index (Phi) is 3.65. The Morgan fingerprint density at radius 2 is 1.80 bits per heavy atom. The van der Waals surface area contributed by atoms with Gasteiger partial charge in [-0.2, -0.15) is 0 Å². The third kappa shape index (κ3) is 2.53. The number of nitrogens with zero attached hydrogens (tertiary/aromatic N) is 2. The Balaban J connectivity index is 2.14. The van der Waals surface area contributed by atoms with Gasteiger partial charge in [0.25, 0.3) is 5.56 Å². The van der Waals surface area contributed by atoms with Gasteiger partial charge in [0, 0.05) is 27.5 Å². The molecule has 4 rings (SSSR count). The van der Waals surface area contributed by atoms with Crippen molar-refractivity contribution in [2.24, 2.45) is 0 Å². The number of H-pyrrole nitrogens is 1. The predicted molar refractivity (Wildman–Crippen MR) is 103 cm³/mol. The van der Waals surface area contributed by atoms with E-state index >= 15 is 0 Å². The van der Waals surface area contributed by atoms with Crippen LogP contribution >= 0.6 is 11.6 Å². The lowest BCUT2D eigenvalue weighted by Gasteiger charge is -2.16. The first-order valence-corrected chi connectivity index (χ1v) is 8.64. The molecule has 0 fully saturated rings. The number of nitrogens with one attached hydrogen (secondary N) is 1. The third-order valence-electron chi connectivity index (χ3n) is 4.40. The smallest absolute Gasteiger partial charge is 0.266 e. The van der Waals surface area contributed by atoms with Gasteiger partial charge in [-0.25, -0.2) is 4.98 Å². The highest BCUT2D eigenvalue weighted by Gasteiger charge is 2.17. The highest BCUT2D eigenvalue weighted by atomic mass is 35.5. The molecule has 0 saturated carbocycles. The van der Waals surface area contributed by atoms with Crippen LogP contribution in [-0.2, 0) is 0 Å². The van der Waals surface area contributed by atoms with Crippen molar-refractivity contribution < 1.29 is 0 Å². The van der Waals surface area contributed by atoms with Gasteiger partial charge in [-0.15, -0.1) is 0 Å². The number of aromatic nitrogens is 3. The SMILES string of the molecule is Cc1cc2c(ccc3c(=O)n(-c4ccc(Cl)cc4)c(C(C)C)nc32)[nH]1. The first-order chi connectivity index (χ1) is 12.0. The molecule has 25 heavy (non-hydrogen) atoms. The molecular weight excluding hydrogens is 334 g/mol. The summed E-state index contributed by atoms with van der Waals surface area (Å²) in [7, 11) is 0. The van der Waals surface area contributed by atoms with Gasteiger partial charge in [-0.3, -0.25) is 9.36 Å². The van der Waals surface area contributed by atoms with E-state index in [1.807, 2.05) is 51.1 Å². The van der Waals surface area contributed by atoms with Crippen LogP contribution in [-0.4, -0.2) is 14.5 Å². The summed E-state index contributed by atoms with van der Waals surface area (Å²) in [4.78, 5) is 21.5. The van der Waals surface area contributed by atoms with E-state index in [9.17, 15) is 4.79 Å². The molecule has 0 aliphatic rings. The topological polar surface area (TPSA) is 50.7 Å². The summed E-state index contributed by atoms with van der Waals surface area (Å²) in [6.45, 7) is 6.09. The molecule has 0 bridgehead atoms. The Morgan fingerprint density at radius 1 is 1.08 bits per heavy atom. The van der Waals surface area contributed by atoms with Gasteiger partial charge >= 0.3 is 0 Å². The summed E-state index contributed by atoms with van der Waals surface area (Å²) in [6.07, 6.45) is 0. The average Bonchev–Trinajstić information content (AvgIpc) is 2.96. The van der Waals surface area contributed by atoms with E-state index in [0.29, 0.717) is 10.4 Å². The number of aryl methyl sites for hydroxylation is 1. The number of aromatic amines is 1. The number of hydrogen-bond donors (Lipinski definition) is 1. The maximum atomic E-state index is 13.3. The molecule has 0 aliphatic heterocycles. The van der Waals surface area contributed by atoms with Crippen LogP contribution in [0.3, 0.4) is 0 Å². The zero-order valence-electron chi connectivity index (χ0n) is 14.3. The minimum absolute atomic E-state index is 0.0585. The molecule has 0 saturated heterocycles. The molecule has 2 aromatic carbocycles. The molecule has 126 valence electrons. The zero-order valence-corrected chi connectivity index (χ0v) is 15.1. The van der Waals surface area contributed by atoms with Crippen molar-refractivity contribution in [2.45, 2.75) is 26.7 Å². The molecule has 0 atom stereocenters. The molecule has 0 radical (unpaired) electrons. The third-order valence-corrected chi connectivity index (χ3v) is 4.65. The van der Waals surface area contributed by atoms with Gasteiger partial charge in [0.05, 0.1) is 16.6 Å². The van der Waals surface area contributed by atoms with Gasteiger partial charge in [0.2, 0.25) is 0 Å². The number of rotatable bonds is 2. The second kappa shape index (κ2) is 5.74. The molecule has 2 aromatic heterocycles. The summed E-state index contributed by atoms with van der Waals surface area (Å²) in [5.41, 5.74) is 3.52. The monoisotopic (exact) mass is 351 g/mol. The second-order valence-electron chi connectivity index (χ2n) is 6.62. The van der Waals surface area contributed by atoms with Crippen molar-refractivity contribution in [2.75, 3.05) is 0 Å². The lowest BCUT2D eigenvalue weighted by molar-refractivity contribution is 0.723. The Morgan fingerprint density at radius 3 is 2.48 bits per heavy atom. The average molecular weight is 352 g/mol. The lowest BCUT2D eigenvalue weighted by atomic mass is 10.1. The zero-order chi connectivity index (χ0) is 17.7. The molecule has 1 N–H and O–H groups in total. The van der Waals surface area contributed by atoms with E-state index in [1.165, 1.54) is 0 Å². The van der Waals surface area contributed by atoms with Crippen molar-refractivity contribution in [1.29, 1.82) is 0 Å². The van der Waals surface area contributed by atoms with Gasteiger partial charge in [0.1, 0.15) is 5.82 Å². The highest BCUT2D eigenvalue weighted by Crippen LogP contribution is 2.26. The van der Waals surface area contributed by atoms with Crippen LogP contribution in [0.5, 0.6) is 0 Å². The van der Waals surface area contributed by atoms with Gasteiger partial charge < -0.3 is 4.98 Å². The van der Waals surface area contributed by atoms with Crippen molar-refractivity contribution in [1.82, 2.24) is 14.5 Å². The number of benzene rings is 2. The van der Waals surface area contributed by atoms with E-state index in [-0.39, 0.29) is 11.5 Å². The first-order valence-electron chi connectivity index (χ1n) is 8.26. The fourth-order valence-corrected chi connectivity index (χ4v) is 3.36. The van der Waals surface area contributed by atoms with Crippen LogP contribution in [0.4, 0.5) is 0 Å². The maximum Gasteiger partial charge on any atom is 0.266 e. The van der Waals surface area contributed by atoms with Crippen LogP contribution in [0.1, 0.15) is 31.3 Å². The summed E-state index contributed by atoms with van der Waals surface area (Å²) in [5, 5.41) is 2.24. The molecule has 0 unspecified atom stereocenters. The van der Waals surface area contributed by atoms with Crippen LogP contribution in [0, 0.1) is 6.92 Å². The first kappa shape index (κ1) is 15.9. The maximum absolute atomic E-state index is 13.3.